The molecule has 1 aromatic rings. The molecule has 1 aliphatic rings. The van der Waals surface area contributed by atoms with Crippen LogP contribution in [0.3, 0.4) is 0 Å². The zero-order valence-corrected chi connectivity index (χ0v) is 13.1. The second-order valence-corrected chi connectivity index (χ2v) is 7.80. The Kier molecular flexibility index (Phi) is 4.22. The minimum atomic E-state index is -3.63. The molecule has 116 valence electrons. The molecule has 1 fully saturated rings. The first-order valence-electron chi connectivity index (χ1n) is 7.00. The summed E-state index contributed by atoms with van der Waals surface area (Å²) >= 11 is 0. The molecular formula is C14H20N2O4S. The first-order valence-corrected chi connectivity index (χ1v) is 8.89. The largest absolute Gasteiger partial charge is 0.384 e. The summed E-state index contributed by atoms with van der Waals surface area (Å²) in [6.45, 7) is 2.93. The number of nitro groups is 1. The fourth-order valence-corrected chi connectivity index (χ4v) is 3.45. The summed E-state index contributed by atoms with van der Waals surface area (Å²) < 4.78 is 23.4. The lowest BCUT2D eigenvalue weighted by Crippen LogP contribution is -2.15. The molecule has 0 amide bonds. The van der Waals surface area contributed by atoms with Crippen LogP contribution in [-0.2, 0) is 9.84 Å². The smallest absolute Gasteiger partial charge is 0.288 e. The summed E-state index contributed by atoms with van der Waals surface area (Å²) in [5, 5.41) is 14.1. The van der Waals surface area contributed by atoms with Gasteiger partial charge in [0.1, 0.15) is 4.90 Å². The number of nitrogens with one attached hydrogen (secondary N) is 1. The van der Waals surface area contributed by atoms with Gasteiger partial charge in [-0.15, -0.1) is 0 Å². The predicted octanol–water partition coefficient (Wildman–Crippen LogP) is 2.99. The fraction of sp³-hybridized carbons (Fsp3) is 0.571. The van der Waals surface area contributed by atoms with Gasteiger partial charge in [0.25, 0.3) is 5.69 Å². The molecule has 0 unspecified atom stereocenters. The topological polar surface area (TPSA) is 89.3 Å². The van der Waals surface area contributed by atoms with Crippen molar-refractivity contribution in [2.24, 2.45) is 5.41 Å². The van der Waals surface area contributed by atoms with Crippen molar-refractivity contribution in [2.75, 3.05) is 18.1 Å². The molecule has 0 heterocycles. The van der Waals surface area contributed by atoms with E-state index in [0.29, 0.717) is 11.1 Å². The van der Waals surface area contributed by atoms with E-state index in [9.17, 15) is 18.5 Å². The number of hydrogen-bond acceptors (Lipinski definition) is 5. The molecule has 1 aliphatic carbocycles. The first kappa shape index (κ1) is 15.8. The molecule has 0 saturated heterocycles. The average molecular weight is 312 g/mol. The van der Waals surface area contributed by atoms with Crippen LogP contribution in [0.15, 0.2) is 23.1 Å². The molecule has 1 N–H and O–H groups in total. The normalized spacial score (nSPS) is 16.5. The van der Waals surface area contributed by atoms with Gasteiger partial charge >= 0.3 is 0 Å². The third kappa shape index (κ3) is 3.72. The van der Waals surface area contributed by atoms with E-state index in [2.05, 4.69) is 12.2 Å². The second kappa shape index (κ2) is 5.63. The molecule has 6 nitrogen and oxygen atoms in total. The van der Waals surface area contributed by atoms with Gasteiger partial charge in [0, 0.05) is 24.6 Å². The van der Waals surface area contributed by atoms with E-state index >= 15 is 0 Å². The Morgan fingerprint density at radius 1 is 1.38 bits per heavy atom. The fourth-order valence-electron chi connectivity index (χ4n) is 2.58. The van der Waals surface area contributed by atoms with Crippen LogP contribution in [0.25, 0.3) is 0 Å². The summed E-state index contributed by atoms with van der Waals surface area (Å²) in [5.74, 6) is 0. The van der Waals surface area contributed by atoms with Gasteiger partial charge in [-0.1, -0.05) is 13.3 Å². The minimum absolute atomic E-state index is 0.238. The van der Waals surface area contributed by atoms with Crippen molar-refractivity contribution in [1.29, 1.82) is 0 Å². The zero-order valence-electron chi connectivity index (χ0n) is 12.3. The van der Waals surface area contributed by atoms with Crippen molar-refractivity contribution in [3.8, 4) is 0 Å². The summed E-state index contributed by atoms with van der Waals surface area (Å²) in [7, 11) is -3.63. The van der Waals surface area contributed by atoms with Gasteiger partial charge in [0.2, 0.25) is 0 Å². The standard InChI is InChI=1S/C14H20N2O4S/c1-3-6-14(7-8-14)10-15-11-4-5-12(16(17)18)13(9-11)21(2,19)20/h4-5,9,15H,3,6-8,10H2,1-2H3. The quantitative estimate of drug-likeness (QED) is 0.617. The van der Waals surface area contributed by atoms with Crippen molar-refractivity contribution in [1.82, 2.24) is 0 Å². The minimum Gasteiger partial charge on any atom is -0.384 e. The van der Waals surface area contributed by atoms with Gasteiger partial charge < -0.3 is 5.32 Å². The molecule has 2 rings (SSSR count). The summed E-state index contributed by atoms with van der Waals surface area (Å²) in [5.41, 5.74) is 0.558. The van der Waals surface area contributed by atoms with E-state index in [4.69, 9.17) is 0 Å². The highest BCUT2D eigenvalue weighted by Gasteiger charge is 2.41. The van der Waals surface area contributed by atoms with E-state index in [1.54, 1.807) is 6.07 Å². The lowest BCUT2D eigenvalue weighted by atomic mass is 10.0. The van der Waals surface area contributed by atoms with Gasteiger partial charge in [-0.2, -0.15) is 0 Å². The Morgan fingerprint density at radius 3 is 2.52 bits per heavy atom. The maximum absolute atomic E-state index is 11.7. The molecule has 0 atom stereocenters. The highest BCUT2D eigenvalue weighted by atomic mass is 32.2. The molecule has 0 aromatic heterocycles. The van der Waals surface area contributed by atoms with Crippen molar-refractivity contribution >= 4 is 21.2 Å². The zero-order chi connectivity index (χ0) is 15.7. The lowest BCUT2D eigenvalue weighted by Gasteiger charge is -2.16. The molecule has 0 spiro atoms. The first-order chi connectivity index (χ1) is 9.77. The molecular weight excluding hydrogens is 292 g/mol. The van der Waals surface area contributed by atoms with Crippen LogP contribution in [0.5, 0.6) is 0 Å². The van der Waals surface area contributed by atoms with E-state index in [-0.39, 0.29) is 10.6 Å². The third-order valence-corrected chi connectivity index (χ3v) is 5.09. The number of nitro benzene ring substituents is 1. The Labute approximate surface area is 124 Å². The highest BCUT2D eigenvalue weighted by molar-refractivity contribution is 7.90. The molecule has 1 saturated carbocycles. The Morgan fingerprint density at radius 2 is 2.05 bits per heavy atom. The van der Waals surface area contributed by atoms with Crippen LogP contribution in [0, 0.1) is 15.5 Å². The molecule has 0 bridgehead atoms. The Bertz CT molecular complexity index is 651. The molecule has 21 heavy (non-hydrogen) atoms. The lowest BCUT2D eigenvalue weighted by molar-refractivity contribution is -0.387. The summed E-state index contributed by atoms with van der Waals surface area (Å²) in [6.07, 6.45) is 5.61. The van der Waals surface area contributed by atoms with Gasteiger partial charge in [0.15, 0.2) is 9.84 Å². The van der Waals surface area contributed by atoms with Crippen molar-refractivity contribution in [3.05, 3.63) is 28.3 Å². The molecule has 0 radical (unpaired) electrons. The number of nitrogens with zero attached hydrogens (tertiary/aromatic N) is 1. The van der Waals surface area contributed by atoms with E-state index < -0.39 is 14.8 Å². The van der Waals surface area contributed by atoms with Crippen LogP contribution in [0.4, 0.5) is 11.4 Å². The van der Waals surface area contributed by atoms with E-state index in [1.807, 2.05) is 0 Å². The number of hydrogen-bond donors (Lipinski definition) is 1. The predicted molar refractivity (Wildman–Crippen MR) is 81.3 cm³/mol. The highest BCUT2D eigenvalue weighted by Crippen LogP contribution is 2.49. The van der Waals surface area contributed by atoms with Crippen molar-refractivity contribution in [3.63, 3.8) is 0 Å². The molecule has 7 heteroatoms. The number of sulfone groups is 1. The Hall–Kier alpha value is -1.63. The van der Waals surface area contributed by atoms with Crippen LogP contribution in [0.1, 0.15) is 32.6 Å². The monoisotopic (exact) mass is 312 g/mol. The van der Waals surface area contributed by atoms with Crippen molar-refractivity contribution < 1.29 is 13.3 Å². The maximum Gasteiger partial charge on any atom is 0.288 e. The number of rotatable bonds is 7. The van der Waals surface area contributed by atoms with E-state index in [1.165, 1.54) is 25.0 Å². The van der Waals surface area contributed by atoms with Gasteiger partial charge in [0.05, 0.1) is 4.92 Å². The van der Waals surface area contributed by atoms with Gasteiger partial charge in [-0.05, 0) is 36.8 Å². The van der Waals surface area contributed by atoms with Gasteiger partial charge in [-0.25, -0.2) is 8.42 Å². The number of benzene rings is 1. The van der Waals surface area contributed by atoms with Crippen molar-refractivity contribution in [2.45, 2.75) is 37.5 Å². The summed E-state index contributed by atoms with van der Waals surface area (Å²) in [6, 6.07) is 4.17. The average Bonchev–Trinajstić information content (AvgIpc) is 3.16. The molecule has 1 aromatic carbocycles. The van der Waals surface area contributed by atoms with Gasteiger partial charge in [-0.3, -0.25) is 10.1 Å². The summed E-state index contributed by atoms with van der Waals surface area (Å²) in [4.78, 5) is 10.0. The van der Waals surface area contributed by atoms with Crippen LogP contribution < -0.4 is 5.32 Å². The SMILES string of the molecule is CCCC1(CNc2ccc([N+](=O)[O-])c(S(C)(=O)=O)c2)CC1. The Balaban J connectivity index is 2.20. The molecule has 0 aliphatic heterocycles. The third-order valence-electron chi connectivity index (χ3n) is 3.96. The van der Waals surface area contributed by atoms with Crippen LogP contribution >= 0.6 is 0 Å². The van der Waals surface area contributed by atoms with Crippen LogP contribution in [-0.4, -0.2) is 26.1 Å². The second-order valence-electron chi connectivity index (χ2n) is 5.82. The maximum atomic E-state index is 11.7. The van der Waals surface area contributed by atoms with E-state index in [0.717, 1.165) is 25.6 Å². The number of anilines is 1. The van der Waals surface area contributed by atoms with Crippen LogP contribution in [0.2, 0.25) is 0 Å².